The van der Waals surface area contributed by atoms with Gasteiger partial charge in [-0.1, -0.05) is 6.92 Å². The fraction of sp³-hybridized carbons (Fsp3) is 0.333. The SMILES string of the molecule is C[C@@H]1CCc2sc(NC(=O)c3ccc(Br)s3)c(C#N)c2C1. The number of amides is 1. The summed E-state index contributed by atoms with van der Waals surface area (Å²) >= 11 is 6.30. The Morgan fingerprint density at radius 2 is 2.29 bits per heavy atom. The molecule has 0 saturated heterocycles. The van der Waals surface area contributed by atoms with Gasteiger partial charge in [0.1, 0.15) is 11.1 Å². The molecule has 0 unspecified atom stereocenters. The van der Waals surface area contributed by atoms with E-state index in [0.717, 1.165) is 28.6 Å². The van der Waals surface area contributed by atoms with Gasteiger partial charge in [0.05, 0.1) is 14.2 Å². The Morgan fingerprint density at radius 3 is 2.95 bits per heavy atom. The van der Waals surface area contributed by atoms with Crippen LogP contribution in [0.25, 0.3) is 0 Å². The van der Waals surface area contributed by atoms with Gasteiger partial charge in [0.15, 0.2) is 0 Å². The maximum Gasteiger partial charge on any atom is 0.266 e. The first-order chi connectivity index (χ1) is 10.1. The molecule has 0 fully saturated rings. The fourth-order valence-corrected chi connectivity index (χ4v) is 5.04. The van der Waals surface area contributed by atoms with Crippen molar-refractivity contribution in [1.29, 1.82) is 5.26 Å². The Hall–Kier alpha value is -1.16. The average Bonchev–Trinajstić information content (AvgIpc) is 3.02. The van der Waals surface area contributed by atoms with Crippen LogP contribution in [-0.4, -0.2) is 5.91 Å². The minimum absolute atomic E-state index is 0.145. The molecule has 2 aromatic heterocycles. The standard InChI is InChI=1S/C15H13BrN2OS2/c1-8-2-3-11-9(6-8)10(7-17)15(21-11)18-14(19)12-4-5-13(16)20-12/h4-5,8H,2-3,6H2,1H3,(H,18,19)/t8-/m1/s1. The number of carbonyl (C=O) groups is 1. The molecule has 21 heavy (non-hydrogen) atoms. The number of rotatable bonds is 2. The number of nitrogens with one attached hydrogen (secondary N) is 1. The molecule has 0 radical (unpaired) electrons. The number of nitriles is 1. The summed E-state index contributed by atoms with van der Waals surface area (Å²) in [5.41, 5.74) is 1.80. The molecule has 1 amide bonds. The van der Waals surface area contributed by atoms with Crippen LogP contribution in [0.5, 0.6) is 0 Å². The second-order valence-electron chi connectivity index (χ2n) is 5.23. The van der Waals surface area contributed by atoms with Gasteiger partial charge in [-0.25, -0.2) is 0 Å². The quantitative estimate of drug-likeness (QED) is 0.811. The lowest BCUT2D eigenvalue weighted by atomic mass is 9.88. The van der Waals surface area contributed by atoms with E-state index in [4.69, 9.17) is 0 Å². The fourth-order valence-electron chi connectivity index (χ4n) is 2.57. The summed E-state index contributed by atoms with van der Waals surface area (Å²) < 4.78 is 0.924. The highest BCUT2D eigenvalue weighted by molar-refractivity contribution is 9.11. The Morgan fingerprint density at radius 1 is 1.48 bits per heavy atom. The number of aryl methyl sites for hydroxylation is 1. The van der Waals surface area contributed by atoms with E-state index in [2.05, 4.69) is 34.2 Å². The summed E-state index contributed by atoms with van der Waals surface area (Å²) in [6.07, 6.45) is 3.11. The second kappa shape index (κ2) is 5.91. The van der Waals surface area contributed by atoms with Gasteiger partial charge >= 0.3 is 0 Å². The van der Waals surface area contributed by atoms with Crippen molar-refractivity contribution in [3.63, 3.8) is 0 Å². The Balaban J connectivity index is 1.89. The van der Waals surface area contributed by atoms with Crippen LogP contribution in [0.1, 0.15) is 39.0 Å². The second-order valence-corrected chi connectivity index (χ2v) is 8.79. The van der Waals surface area contributed by atoms with Crippen molar-refractivity contribution >= 4 is 49.5 Å². The van der Waals surface area contributed by atoms with Crippen LogP contribution >= 0.6 is 38.6 Å². The molecule has 1 aliphatic carbocycles. The third-order valence-electron chi connectivity index (χ3n) is 3.64. The summed E-state index contributed by atoms with van der Waals surface area (Å²) in [5.74, 6) is 0.463. The van der Waals surface area contributed by atoms with Gasteiger partial charge in [0, 0.05) is 4.88 Å². The molecule has 6 heteroatoms. The number of fused-ring (bicyclic) bond motifs is 1. The van der Waals surface area contributed by atoms with Crippen LogP contribution < -0.4 is 5.32 Å². The average molecular weight is 381 g/mol. The molecule has 0 aromatic carbocycles. The summed E-state index contributed by atoms with van der Waals surface area (Å²) in [5, 5.41) is 13.0. The highest BCUT2D eigenvalue weighted by Crippen LogP contribution is 2.39. The molecule has 3 nitrogen and oxygen atoms in total. The van der Waals surface area contributed by atoms with E-state index in [-0.39, 0.29) is 5.91 Å². The van der Waals surface area contributed by atoms with E-state index in [1.54, 1.807) is 17.4 Å². The zero-order chi connectivity index (χ0) is 15.0. The maximum atomic E-state index is 12.2. The molecule has 108 valence electrons. The number of anilines is 1. The first kappa shape index (κ1) is 14.8. The first-order valence-corrected chi connectivity index (χ1v) is 9.12. The van der Waals surface area contributed by atoms with Gasteiger partial charge in [-0.05, 0) is 58.8 Å². The van der Waals surface area contributed by atoms with Gasteiger partial charge in [-0.15, -0.1) is 22.7 Å². The summed E-state index contributed by atoms with van der Waals surface area (Å²) in [7, 11) is 0. The van der Waals surface area contributed by atoms with Gasteiger partial charge in [-0.3, -0.25) is 4.79 Å². The smallest absolute Gasteiger partial charge is 0.266 e. The van der Waals surface area contributed by atoms with Crippen molar-refractivity contribution in [3.8, 4) is 6.07 Å². The zero-order valence-corrected chi connectivity index (χ0v) is 14.6. The third kappa shape index (κ3) is 2.91. The van der Waals surface area contributed by atoms with Crippen molar-refractivity contribution in [3.05, 3.63) is 36.8 Å². The Kier molecular flexibility index (Phi) is 4.16. The lowest BCUT2D eigenvalue weighted by Crippen LogP contribution is -2.11. The van der Waals surface area contributed by atoms with Gasteiger partial charge in [0.25, 0.3) is 5.91 Å². The minimum atomic E-state index is -0.145. The monoisotopic (exact) mass is 380 g/mol. The first-order valence-electron chi connectivity index (χ1n) is 6.69. The number of thiophene rings is 2. The molecular formula is C15H13BrN2OS2. The lowest BCUT2D eigenvalue weighted by Gasteiger charge is -2.17. The predicted octanol–water partition coefficient (Wildman–Crippen LogP) is 4.82. The highest BCUT2D eigenvalue weighted by Gasteiger charge is 2.25. The van der Waals surface area contributed by atoms with Crippen molar-refractivity contribution in [2.75, 3.05) is 5.32 Å². The van der Waals surface area contributed by atoms with E-state index in [0.29, 0.717) is 21.4 Å². The van der Waals surface area contributed by atoms with Crippen LogP contribution in [0, 0.1) is 17.2 Å². The Bertz CT molecular complexity index is 741. The normalized spacial score (nSPS) is 17.1. The number of hydrogen-bond donors (Lipinski definition) is 1. The number of nitrogens with zero attached hydrogens (tertiary/aromatic N) is 1. The van der Waals surface area contributed by atoms with Crippen LogP contribution in [0.2, 0.25) is 0 Å². The van der Waals surface area contributed by atoms with Crippen LogP contribution in [0.4, 0.5) is 5.00 Å². The van der Waals surface area contributed by atoms with Gasteiger partial charge < -0.3 is 5.32 Å². The molecule has 0 bridgehead atoms. The zero-order valence-electron chi connectivity index (χ0n) is 11.4. The molecule has 2 aromatic rings. The summed E-state index contributed by atoms with van der Waals surface area (Å²) in [4.78, 5) is 14.1. The largest absolute Gasteiger partial charge is 0.312 e. The molecule has 1 atom stereocenters. The van der Waals surface area contributed by atoms with E-state index >= 15 is 0 Å². The topological polar surface area (TPSA) is 52.9 Å². The Labute approximate surface area is 139 Å². The van der Waals surface area contributed by atoms with Gasteiger partial charge in [0.2, 0.25) is 0 Å². The van der Waals surface area contributed by atoms with Crippen LogP contribution in [0.15, 0.2) is 15.9 Å². The molecule has 3 rings (SSSR count). The van der Waals surface area contributed by atoms with Gasteiger partial charge in [-0.2, -0.15) is 5.26 Å². The molecule has 0 saturated carbocycles. The maximum absolute atomic E-state index is 12.2. The van der Waals surface area contributed by atoms with Crippen LogP contribution in [-0.2, 0) is 12.8 Å². The highest BCUT2D eigenvalue weighted by atomic mass is 79.9. The van der Waals surface area contributed by atoms with E-state index in [1.807, 2.05) is 6.07 Å². The van der Waals surface area contributed by atoms with Crippen LogP contribution in [0.3, 0.4) is 0 Å². The molecule has 1 N–H and O–H groups in total. The van der Waals surface area contributed by atoms with E-state index < -0.39 is 0 Å². The van der Waals surface area contributed by atoms with Crippen molar-refractivity contribution in [1.82, 2.24) is 0 Å². The van der Waals surface area contributed by atoms with E-state index in [1.165, 1.54) is 16.2 Å². The predicted molar refractivity (Wildman–Crippen MR) is 90.2 cm³/mol. The minimum Gasteiger partial charge on any atom is -0.312 e. The molecule has 1 aliphatic rings. The van der Waals surface area contributed by atoms with Crippen molar-refractivity contribution in [2.45, 2.75) is 26.2 Å². The number of carbonyl (C=O) groups excluding carboxylic acids is 1. The molecule has 0 spiro atoms. The van der Waals surface area contributed by atoms with E-state index in [9.17, 15) is 10.1 Å². The molecule has 2 heterocycles. The number of halogens is 1. The summed E-state index contributed by atoms with van der Waals surface area (Å²) in [6.45, 7) is 2.21. The molecular weight excluding hydrogens is 368 g/mol. The molecule has 0 aliphatic heterocycles. The van der Waals surface area contributed by atoms with Crippen molar-refractivity contribution < 1.29 is 4.79 Å². The summed E-state index contributed by atoms with van der Waals surface area (Å²) in [6, 6.07) is 5.91. The van der Waals surface area contributed by atoms with Crippen molar-refractivity contribution in [2.24, 2.45) is 5.92 Å². The third-order valence-corrected chi connectivity index (χ3v) is 6.47. The number of hydrogen-bond acceptors (Lipinski definition) is 4. The lowest BCUT2D eigenvalue weighted by molar-refractivity contribution is 0.103.